The zero-order chi connectivity index (χ0) is 24.5. The molecule has 1 aliphatic heterocycles. The quantitative estimate of drug-likeness (QED) is 0.367. The van der Waals surface area contributed by atoms with Gasteiger partial charge in [0, 0.05) is 24.4 Å². The summed E-state index contributed by atoms with van der Waals surface area (Å²) in [4.78, 5) is 18.0. The van der Waals surface area contributed by atoms with E-state index in [-0.39, 0.29) is 0 Å². The van der Waals surface area contributed by atoms with Crippen molar-refractivity contribution in [1.82, 2.24) is 34.9 Å². The third kappa shape index (κ3) is 4.18. The third-order valence-corrected chi connectivity index (χ3v) is 6.07. The summed E-state index contributed by atoms with van der Waals surface area (Å²) in [6.07, 6.45) is 6.16. The highest BCUT2D eigenvalue weighted by Gasteiger charge is 2.13. The second-order valence-corrected chi connectivity index (χ2v) is 8.44. The summed E-state index contributed by atoms with van der Waals surface area (Å²) in [6, 6.07) is 13.5. The lowest BCUT2D eigenvalue weighted by molar-refractivity contribution is 0.380. The van der Waals surface area contributed by atoms with Crippen LogP contribution in [0.2, 0.25) is 0 Å². The van der Waals surface area contributed by atoms with E-state index in [1.165, 1.54) is 11.9 Å². The topological polar surface area (TPSA) is 111 Å². The fraction of sp³-hybridized carbons (Fsp3) is 0.192. The van der Waals surface area contributed by atoms with E-state index in [1.807, 2.05) is 43.3 Å². The van der Waals surface area contributed by atoms with Crippen molar-refractivity contribution in [1.29, 1.82) is 0 Å². The van der Waals surface area contributed by atoms with Crippen LogP contribution in [0, 0.1) is 6.92 Å². The van der Waals surface area contributed by atoms with Crippen molar-refractivity contribution in [2.24, 2.45) is 0 Å². The lowest BCUT2D eigenvalue weighted by atomic mass is 10.1. The summed E-state index contributed by atoms with van der Waals surface area (Å²) in [6.45, 7) is 3.80. The third-order valence-electron chi connectivity index (χ3n) is 6.07. The van der Waals surface area contributed by atoms with E-state index in [0.717, 1.165) is 53.2 Å². The molecule has 0 bridgehead atoms. The molecule has 2 N–H and O–H groups in total. The van der Waals surface area contributed by atoms with Crippen LogP contribution >= 0.6 is 0 Å². The number of fused-ring (bicyclic) bond motifs is 2. The zero-order valence-corrected chi connectivity index (χ0v) is 19.9. The van der Waals surface area contributed by atoms with Crippen LogP contribution in [0.1, 0.15) is 17.7 Å². The molecule has 180 valence electrons. The molecule has 36 heavy (non-hydrogen) atoms. The Hall–Kier alpha value is -4.57. The second kappa shape index (κ2) is 9.23. The number of methoxy groups -OCH3 is 1. The fourth-order valence-electron chi connectivity index (χ4n) is 4.25. The lowest BCUT2D eigenvalue weighted by Crippen LogP contribution is -2.20. The van der Waals surface area contributed by atoms with Gasteiger partial charge in [0.15, 0.2) is 11.5 Å². The van der Waals surface area contributed by atoms with Gasteiger partial charge in [-0.05, 0) is 61.4 Å². The summed E-state index contributed by atoms with van der Waals surface area (Å²) in [7, 11) is 1.59. The molecule has 0 saturated carbocycles. The van der Waals surface area contributed by atoms with E-state index in [4.69, 9.17) is 14.5 Å². The van der Waals surface area contributed by atoms with Gasteiger partial charge < -0.3 is 20.1 Å². The molecule has 10 nitrogen and oxygen atoms in total. The molecule has 1 aromatic carbocycles. The average molecular weight is 481 g/mol. The number of pyridine rings is 2. The maximum atomic E-state index is 6.15. The van der Waals surface area contributed by atoms with Gasteiger partial charge in [-0.15, -0.1) is 0 Å². The van der Waals surface area contributed by atoms with Crippen LogP contribution in [0.15, 0.2) is 61.2 Å². The van der Waals surface area contributed by atoms with Crippen LogP contribution in [-0.2, 0) is 0 Å². The highest BCUT2D eigenvalue weighted by Crippen LogP contribution is 2.32. The second-order valence-electron chi connectivity index (χ2n) is 8.44. The Morgan fingerprint density at radius 3 is 2.81 bits per heavy atom. The molecule has 0 unspecified atom stereocenters. The predicted molar refractivity (Wildman–Crippen MR) is 137 cm³/mol. The Morgan fingerprint density at radius 2 is 1.97 bits per heavy atom. The first-order valence-corrected chi connectivity index (χ1v) is 11.6. The van der Waals surface area contributed by atoms with Crippen LogP contribution in [0.5, 0.6) is 17.4 Å². The van der Waals surface area contributed by atoms with Crippen LogP contribution in [-0.4, -0.2) is 49.7 Å². The zero-order valence-electron chi connectivity index (χ0n) is 19.9. The molecule has 6 rings (SSSR count). The van der Waals surface area contributed by atoms with Crippen LogP contribution < -0.4 is 20.1 Å². The minimum atomic E-state index is 0.540. The number of aryl methyl sites for hydroxylation is 1. The molecule has 0 saturated heterocycles. The first-order valence-electron chi connectivity index (χ1n) is 11.6. The van der Waals surface area contributed by atoms with Crippen LogP contribution in [0.3, 0.4) is 0 Å². The molecule has 0 fully saturated rings. The summed E-state index contributed by atoms with van der Waals surface area (Å²) < 4.78 is 13.2. The number of hydrogen-bond donors (Lipinski definition) is 2. The summed E-state index contributed by atoms with van der Waals surface area (Å²) in [5.41, 5.74) is 6.20. The molecular weight excluding hydrogens is 456 g/mol. The van der Waals surface area contributed by atoms with Gasteiger partial charge in [0.05, 0.1) is 18.3 Å². The molecule has 10 heteroatoms. The average Bonchev–Trinajstić information content (AvgIpc) is 3.39. The van der Waals surface area contributed by atoms with E-state index in [2.05, 4.69) is 36.8 Å². The number of nitrogens with zero attached hydrogens (tertiary/aromatic N) is 6. The number of rotatable bonds is 6. The van der Waals surface area contributed by atoms with E-state index >= 15 is 0 Å². The minimum absolute atomic E-state index is 0.540. The molecule has 4 aromatic heterocycles. The van der Waals surface area contributed by atoms with Crippen molar-refractivity contribution in [3.05, 3.63) is 72.5 Å². The smallest absolute Gasteiger partial charge is 0.219 e. The largest absolute Gasteiger partial charge is 0.481 e. The number of benzene rings is 1. The van der Waals surface area contributed by atoms with Crippen molar-refractivity contribution in [3.8, 4) is 17.4 Å². The molecule has 5 heterocycles. The Morgan fingerprint density at radius 1 is 1.03 bits per heavy atom. The van der Waals surface area contributed by atoms with Gasteiger partial charge in [0.2, 0.25) is 5.88 Å². The van der Waals surface area contributed by atoms with Crippen LogP contribution in [0.25, 0.3) is 22.3 Å². The number of anilines is 2. The fourth-order valence-corrected chi connectivity index (χ4v) is 4.25. The summed E-state index contributed by atoms with van der Waals surface area (Å²) in [5.74, 6) is 2.53. The number of hydrogen-bond acceptors (Lipinski definition) is 9. The molecule has 0 aliphatic carbocycles. The van der Waals surface area contributed by atoms with Crippen molar-refractivity contribution in [3.63, 3.8) is 0 Å². The van der Waals surface area contributed by atoms with E-state index in [1.54, 1.807) is 24.0 Å². The first kappa shape index (κ1) is 21.9. The Bertz CT molecular complexity index is 1610. The first-order chi connectivity index (χ1) is 17.7. The maximum absolute atomic E-state index is 6.15. The minimum Gasteiger partial charge on any atom is -0.481 e. The van der Waals surface area contributed by atoms with Gasteiger partial charge in [0.1, 0.15) is 29.7 Å². The molecular formula is C26H24N8O2. The summed E-state index contributed by atoms with van der Waals surface area (Å²) in [5, 5.41) is 10.9. The number of nitrogens with one attached hydrogen (secondary N) is 2. The standard InChI is InChI=1S/C26H24N8O2/c1-16-11-18(3-6-22(16)36-19-12-23-29-15-31-34(23)24(13-19)35-2)32-26-25-21(28-14-30-26)5-4-20(33-25)17-7-9-27-10-8-17/h3-7,11-15,27H,8-10H2,1-2H3,(H,28,30,32). The van der Waals surface area contributed by atoms with E-state index < -0.39 is 0 Å². The van der Waals surface area contributed by atoms with Gasteiger partial charge >= 0.3 is 0 Å². The van der Waals surface area contributed by atoms with Gasteiger partial charge in [0.25, 0.3) is 0 Å². The van der Waals surface area contributed by atoms with Crippen molar-refractivity contribution >= 4 is 33.8 Å². The molecule has 5 aromatic rings. The van der Waals surface area contributed by atoms with E-state index in [0.29, 0.717) is 23.1 Å². The van der Waals surface area contributed by atoms with Gasteiger partial charge in [-0.1, -0.05) is 6.08 Å². The summed E-state index contributed by atoms with van der Waals surface area (Å²) >= 11 is 0. The van der Waals surface area contributed by atoms with Crippen molar-refractivity contribution < 1.29 is 9.47 Å². The maximum Gasteiger partial charge on any atom is 0.219 e. The molecule has 0 amide bonds. The SMILES string of the molecule is COc1cc(Oc2ccc(Nc3ncnc4ccc(C5=CCNCC5)nc34)cc2C)cc2ncnn12. The molecule has 0 atom stereocenters. The van der Waals surface area contributed by atoms with E-state index in [9.17, 15) is 0 Å². The highest BCUT2D eigenvalue weighted by atomic mass is 16.5. The van der Waals surface area contributed by atoms with Gasteiger partial charge in [-0.2, -0.15) is 9.61 Å². The molecule has 0 radical (unpaired) electrons. The molecule has 1 aliphatic rings. The number of ether oxygens (including phenoxy) is 2. The molecule has 0 spiro atoms. The normalized spacial score (nSPS) is 13.6. The number of aromatic nitrogens is 6. The monoisotopic (exact) mass is 480 g/mol. The van der Waals surface area contributed by atoms with Gasteiger partial charge in [-0.25, -0.2) is 19.9 Å². The Labute approximate surface area is 207 Å². The predicted octanol–water partition coefficient (Wildman–Crippen LogP) is 4.30. The Kier molecular flexibility index (Phi) is 5.62. The van der Waals surface area contributed by atoms with Crippen molar-refractivity contribution in [2.75, 3.05) is 25.5 Å². The van der Waals surface area contributed by atoms with Crippen LogP contribution in [0.4, 0.5) is 11.5 Å². The van der Waals surface area contributed by atoms with Gasteiger partial charge in [-0.3, -0.25) is 0 Å². The Balaban J connectivity index is 1.27. The highest BCUT2D eigenvalue weighted by molar-refractivity contribution is 5.88. The lowest BCUT2D eigenvalue weighted by Gasteiger charge is -2.15. The van der Waals surface area contributed by atoms with Crippen molar-refractivity contribution in [2.45, 2.75) is 13.3 Å².